The van der Waals surface area contributed by atoms with Gasteiger partial charge in [0, 0.05) is 7.11 Å². The van der Waals surface area contributed by atoms with Gasteiger partial charge in [-0.15, -0.1) is 6.58 Å². The second-order valence-electron chi connectivity index (χ2n) is 8.35. The van der Waals surface area contributed by atoms with Crippen molar-refractivity contribution >= 4 is 8.32 Å². The standard InChI is InChI=1S/C18H36O3Si/c1-9-13(2)17(19)14-10-11-15(16(12-14)20-6)21-22(7,8)18(3,4)5/h9,13-17,19H,1,10-12H2,2-8H3/t13-,14+,15+,16+,17-/m0/s1. The smallest absolute Gasteiger partial charge is 0.192 e. The minimum atomic E-state index is -1.79. The molecule has 22 heavy (non-hydrogen) atoms. The summed E-state index contributed by atoms with van der Waals surface area (Å²) in [6, 6.07) is 0. The highest BCUT2D eigenvalue weighted by molar-refractivity contribution is 6.74. The van der Waals surface area contributed by atoms with Crippen LogP contribution in [-0.2, 0) is 9.16 Å². The lowest BCUT2D eigenvalue weighted by molar-refractivity contribution is -0.0685. The lowest BCUT2D eigenvalue weighted by Gasteiger charge is -2.44. The second kappa shape index (κ2) is 7.60. The van der Waals surface area contributed by atoms with Crippen molar-refractivity contribution < 1.29 is 14.3 Å². The first-order valence-corrected chi connectivity index (χ1v) is 11.5. The quantitative estimate of drug-likeness (QED) is 0.581. The van der Waals surface area contributed by atoms with Gasteiger partial charge in [-0.3, -0.25) is 0 Å². The third-order valence-electron chi connectivity index (χ3n) is 5.72. The summed E-state index contributed by atoms with van der Waals surface area (Å²) in [4.78, 5) is 0. The van der Waals surface area contributed by atoms with E-state index in [2.05, 4.69) is 40.4 Å². The molecule has 0 amide bonds. The largest absolute Gasteiger partial charge is 0.411 e. The number of aliphatic hydroxyl groups excluding tert-OH is 1. The van der Waals surface area contributed by atoms with E-state index in [-0.39, 0.29) is 35.2 Å². The van der Waals surface area contributed by atoms with Crippen LogP contribution in [0.25, 0.3) is 0 Å². The molecule has 1 aliphatic rings. The van der Waals surface area contributed by atoms with Crippen molar-refractivity contribution in [3.63, 3.8) is 0 Å². The van der Waals surface area contributed by atoms with Crippen LogP contribution in [0.3, 0.4) is 0 Å². The van der Waals surface area contributed by atoms with Gasteiger partial charge >= 0.3 is 0 Å². The minimum absolute atomic E-state index is 0.0829. The third kappa shape index (κ3) is 4.67. The fourth-order valence-corrected chi connectivity index (χ4v) is 4.33. The molecule has 1 N–H and O–H groups in total. The molecule has 4 heteroatoms. The summed E-state index contributed by atoms with van der Waals surface area (Å²) in [5.74, 6) is 0.401. The molecule has 130 valence electrons. The molecule has 1 fully saturated rings. The van der Waals surface area contributed by atoms with Crippen molar-refractivity contribution in [1.82, 2.24) is 0 Å². The van der Waals surface area contributed by atoms with Gasteiger partial charge in [-0.05, 0) is 49.2 Å². The molecule has 0 aromatic rings. The summed E-state index contributed by atoms with van der Waals surface area (Å²) in [6.07, 6.45) is 4.59. The number of aliphatic hydroxyl groups is 1. The van der Waals surface area contributed by atoms with E-state index in [9.17, 15) is 5.11 Å². The Labute approximate surface area is 138 Å². The first kappa shape index (κ1) is 19.9. The number of rotatable bonds is 6. The molecule has 3 nitrogen and oxygen atoms in total. The molecule has 0 spiro atoms. The molecule has 1 aliphatic carbocycles. The predicted octanol–water partition coefficient (Wildman–Crippen LogP) is 4.37. The van der Waals surface area contributed by atoms with Crippen LogP contribution in [0.1, 0.15) is 47.0 Å². The molecule has 0 saturated heterocycles. The summed E-state index contributed by atoms with van der Waals surface area (Å²) in [5, 5.41) is 10.7. The molecule has 0 aliphatic heterocycles. The van der Waals surface area contributed by atoms with Gasteiger partial charge in [0.25, 0.3) is 0 Å². The molecule has 0 radical (unpaired) electrons. The van der Waals surface area contributed by atoms with E-state index < -0.39 is 8.32 Å². The van der Waals surface area contributed by atoms with Crippen molar-refractivity contribution in [2.24, 2.45) is 11.8 Å². The highest BCUT2D eigenvalue weighted by Crippen LogP contribution is 2.41. The Hall–Kier alpha value is -0.163. The Morgan fingerprint density at radius 2 is 1.82 bits per heavy atom. The summed E-state index contributed by atoms with van der Waals surface area (Å²) in [7, 11) is -0.0247. The highest BCUT2D eigenvalue weighted by atomic mass is 28.4. The average Bonchev–Trinajstić information content (AvgIpc) is 2.44. The fourth-order valence-electron chi connectivity index (χ4n) is 2.95. The normalized spacial score (nSPS) is 29.9. The van der Waals surface area contributed by atoms with Crippen molar-refractivity contribution in [1.29, 1.82) is 0 Å². The van der Waals surface area contributed by atoms with Crippen LogP contribution in [0, 0.1) is 11.8 Å². The van der Waals surface area contributed by atoms with Crippen LogP contribution in [0.4, 0.5) is 0 Å². The number of ether oxygens (including phenoxy) is 1. The van der Waals surface area contributed by atoms with Gasteiger partial charge < -0.3 is 14.3 Å². The Morgan fingerprint density at radius 1 is 1.23 bits per heavy atom. The summed E-state index contributed by atoms with van der Waals surface area (Å²) in [5.41, 5.74) is 0. The molecular formula is C18H36O3Si. The maximum atomic E-state index is 10.4. The number of methoxy groups -OCH3 is 1. The summed E-state index contributed by atoms with van der Waals surface area (Å²) in [6.45, 7) is 17.2. The molecule has 0 aromatic carbocycles. The van der Waals surface area contributed by atoms with E-state index in [1.165, 1.54) is 0 Å². The van der Waals surface area contributed by atoms with Crippen LogP contribution in [0.2, 0.25) is 18.1 Å². The van der Waals surface area contributed by atoms with Crippen LogP contribution in [-0.4, -0.2) is 38.8 Å². The van der Waals surface area contributed by atoms with Crippen LogP contribution < -0.4 is 0 Å². The molecule has 0 heterocycles. The van der Waals surface area contributed by atoms with Crippen LogP contribution in [0.15, 0.2) is 12.7 Å². The molecule has 0 unspecified atom stereocenters. The summed E-state index contributed by atoms with van der Waals surface area (Å²) >= 11 is 0. The average molecular weight is 329 g/mol. The van der Waals surface area contributed by atoms with E-state index in [0.29, 0.717) is 0 Å². The summed E-state index contributed by atoms with van der Waals surface area (Å²) < 4.78 is 12.3. The molecule has 0 bridgehead atoms. The van der Waals surface area contributed by atoms with Crippen molar-refractivity contribution in [3.8, 4) is 0 Å². The van der Waals surface area contributed by atoms with Gasteiger partial charge in [-0.2, -0.15) is 0 Å². The van der Waals surface area contributed by atoms with Crippen LogP contribution in [0.5, 0.6) is 0 Å². The van der Waals surface area contributed by atoms with Gasteiger partial charge in [-0.1, -0.05) is 33.8 Å². The lowest BCUT2D eigenvalue weighted by Crippen LogP contribution is -2.50. The second-order valence-corrected chi connectivity index (χ2v) is 13.1. The zero-order chi connectivity index (χ0) is 17.1. The Bertz CT molecular complexity index is 362. The Balaban J connectivity index is 2.73. The zero-order valence-electron chi connectivity index (χ0n) is 15.6. The van der Waals surface area contributed by atoms with Crippen molar-refractivity contribution in [2.75, 3.05) is 7.11 Å². The monoisotopic (exact) mass is 328 g/mol. The van der Waals surface area contributed by atoms with Gasteiger partial charge in [0.2, 0.25) is 0 Å². The van der Waals surface area contributed by atoms with E-state index in [1.54, 1.807) is 7.11 Å². The Kier molecular flexibility index (Phi) is 6.87. The first-order chi connectivity index (χ1) is 10.0. The van der Waals surface area contributed by atoms with Crippen molar-refractivity contribution in [3.05, 3.63) is 12.7 Å². The predicted molar refractivity (Wildman–Crippen MR) is 95.6 cm³/mol. The topological polar surface area (TPSA) is 38.7 Å². The maximum Gasteiger partial charge on any atom is 0.192 e. The molecule has 1 rings (SSSR count). The third-order valence-corrected chi connectivity index (χ3v) is 10.2. The zero-order valence-corrected chi connectivity index (χ0v) is 16.6. The molecule has 5 atom stereocenters. The fraction of sp³-hybridized carbons (Fsp3) is 0.889. The van der Waals surface area contributed by atoms with E-state index in [4.69, 9.17) is 9.16 Å². The van der Waals surface area contributed by atoms with Gasteiger partial charge in [0.05, 0.1) is 18.3 Å². The van der Waals surface area contributed by atoms with Gasteiger partial charge in [0.15, 0.2) is 8.32 Å². The minimum Gasteiger partial charge on any atom is -0.411 e. The molecule has 0 aromatic heterocycles. The molecular weight excluding hydrogens is 292 g/mol. The van der Waals surface area contributed by atoms with Gasteiger partial charge in [-0.25, -0.2) is 0 Å². The Morgan fingerprint density at radius 3 is 2.27 bits per heavy atom. The van der Waals surface area contributed by atoms with E-state index in [0.717, 1.165) is 19.3 Å². The number of hydrogen-bond acceptors (Lipinski definition) is 3. The van der Waals surface area contributed by atoms with Crippen LogP contribution >= 0.6 is 0 Å². The molecule has 1 saturated carbocycles. The van der Waals surface area contributed by atoms with E-state index in [1.807, 2.05) is 13.0 Å². The van der Waals surface area contributed by atoms with Gasteiger partial charge in [0.1, 0.15) is 0 Å². The maximum absolute atomic E-state index is 10.4. The SMILES string of the molecule is C=C[C@H](C)[C@H](O)[C@@H]1CC[C@@H](O[Si](C)(C)C(C)(C)C)[C@H](OC)C1. The number of hydrogen-bond donors (Lipinski definition) is 1. The lowest BCUT2D eigenvalue weighted by atomic mass is 9.78. The first-order valence-electron chi connectivity index (χ1n) is 8.54. The highest BCUT2D eigenvalue weighted by Gasteiger charge is 2.43. The van der Waals surface area contributed by atoms with Crippen molar-refractivity contribution in [2.45, 2.75) is 83.4 Å². The van der Waals surface area contributed by atoms with E-state index >= 15 is 0 Å².